The van der Waals surface area contributed by atoms with Gasteiger partial charge in [0.2, 0.25) is 0 Å². The van der Waals surface area contributed by atoms with E-state index in [-0.39, 0.29) is 81.7 Å². The Labute approximate surface area is 578 Å². The smallest absolute Gasteiger partial charge is 0.0572 e. The first-order chi connectivity index (χ1) is 38.6. The molecule has 5 aromatic carbocycles. The van der Waals surface area contributed by atoms with Crippen LogP contribution in [0.4, 0.5) is 22.7 Å². The van der Waals surface area contributed by atoms with Crippen LogP contribution in [-0.4, -0.2) is 0 Å². The minimum Gasteiger partial charge on any atom is -0.357 e. The summed E-state index contributed by atoms with van der Waals surface area (Å²) in [6.45, 7) is 54.1. The van der Waals surface area contributed by atoms with Crippen molar-refractivity contribution in [2.75, 3.05) is 21.3 Å². The van der Waals surface area contributed by atoms with Gasteiger partial charge in [0.25, 0.3) is 0 Å². The Kier molecular flexibility index (Phi) is 30.6. The van der Waals surface area contributed by atoms with Gasteiger partial charge in [-0.05, 0) is 159 Å². The molecule has 5 aromatic rings. The zero-order valence-electron chi connectivity index (χ0n) is 56.3. The average molecular weight is 1390 g/mol. The predicted molar refractivity (Wildman–Crippen MR) is 362 cm³/mol. The summed E-state index contributed by atoms with van der Waals surface area (Å²) in [6.07, 6.45) is 10.7. The van der Waals surface area contributed by atoms with E-state index in [2.05, 4.69) is 277 Å². The Hall–Kier alpha value is -3.96. The van der Waals surface area contributed by atoms with Gasteiger partial charge in [-0.3, -0.25) is 0 Å². The van der Waals surface area contributed by atoms with Crippen LogP contribution in [0.5, 0.6) is 0 Å². The fourth-order valence-electron chi connectivity index (χ4n) is 11.0. The van der Waals surface area contributed by atoms with E-state index in [4.69, 9.17) is 0 Å². The van der Waals surface area contributed by atoms with E-state index in [1.54, 1.807) is 0 Å². The molecule has 2 heterocycles. The summed E-state index contributed by atoms with van der Waals surface area (Å²) in [4.78, 5) is 0. The third-order valence-electron chi connectivity index (χ3n) is 15.7. The van der Waals surface area contributed by atoms with Crippen molar-refractivity contribution in [2.45, 2.75) is 226 Å². The standard InChI is InChI=1S/2C35H51N3.C6H5.2Nd/c2*1-20(2)28-16-24(9)17-29(21(3)4)34(28)36-26(11)32-14-13-15-33(38-32)27(12)37-35-30(22(5)6)18-25(10)19-31(35)23(7)8;1-2-4-6-5-3-1;;/h2*13-14,16-23,36-38H,15H2,1-12H3;1-5H;;/q;;-1;;. The molecule has 0 saturated carbocycles. The number of hydrogen-bond donors (Lipinski definition) is 6. The van der Waals surface area contributed by atoms with Crippen molar-refractivity contribution in [3.05, 3.63) is 222 Å². The van der Waals surface area contributed by atoms with Crippen molar-refractivity contribution in [1.29, 1.82) is 0 Å². The predicted octanol–water partition coefficient (Wildman–Crippen LogP) is 22.2. The van der Waals surface area contributed by atoms with Crippen molar-refractivity contribution in [2.24, 2.45) is 0 Å². The summed E-state index contributed by atoms with van der Waals surface area (Å²) in [5.41, 5.74) is 30.7. The molecule has 450 valence electrons. The summed E-state index contributed by atoms with van der Waals surface area (Å²) in [6, 6.07) is 31.2. The molecule has 84 heavy (non-hydrogen) atoms. The summed E-state index contributed by atoms with van der Waals surface area (Å²) in [5, 5.41) is 22.9. The first-order valence-corrected chi connectivity index (χ1v) is 30.8. The third kappa shape index (κ3) is 20.6. The molecular formula is C76H107N6Nd2-. The molecule has 0 saturated heterocycles. The Morgan fingerprint density at radius 3 is 0.738 bits per heavy atom. The van der Waals surface area contributed by atoms with Crippen LogP contribution in [0.3, 0.4) is 0 Å². The molecule has 0 aromatic heterocycles. The topological polar surface area (TPSA) is 72.2 Å². The normalized spacial score (nSPS) is 15.4. The number of aryl methyl sites for hydroxylation is 4. The number of allylic oxidation sites excluding steroid dienone is 8. The number of benzene rings is 5. The number of rotatable bonds is 16. The Morgan fingerprint density at radius 1 is 0.345 bits per heavy atom. The molecule has 0 bridgehead atoms. The minimum absolute atomic E-state index is 0. The molecular weight excluding hydrogens is 1290 g/mol. The summed E-state index contributed by atoms with van der Waals surface area (Å²) < 4.78 is 0. The van der Waals surface area contributed by atoms with Crippen molar-refractivity contribution in [1.82, 2.24) is 10.6 Å². The van der Waals surface area contributed by atoms with Crippen LogP contribution < -0.4 is 31.9 Å². The van der Waals surface area contributed by atoms with Crippen LogP contribution in [0.15, 0.2) is 149 Å². The van der Waals surface area contributed by atoms with Crippen LogP contribution in [0.1, 0.15) is 265 Å². The SMILES string of the molecule is CC(Nc1c(C(C)C)cc(C)cc1C(C)C)=C1C=CCC(=C(C)Nc2c(C(C)C)cc(C)cc2C(C)C)N1.CC(Nc1c(C(C)C)cc(C)cc1C(C)C)=C1C=CCC(=C(C)Nc2c(C(C)C)cc(C)cc2C(C)C)N1.[Nd].[Nd].[c-]1ccccc1. The molecule has 6 nitrogen and oxygen atoms in total. The molecule has 0 fully saturated rings. The van der Waals surface area contributed by atoms with Crippen molar-refractivity contribution in [3.63, 3.8) is 0 Å². The number of anilines is 4. The van der Waals surface area contributed by atoms with Crippen LogP contribution in [-0.2, 0) is 0 Å². The zero-order chi connectivity index (χ0) is 60.9. The first kappa shape index (κ1) is 74.3. The number of hydrogen-bond acceptors (Lipinski definition) is 6. The van der Waals surface area contributed by atoms with E-state index in [1.165, 1.54) is 112 Å². The fraction of sp³-hybridized carbons (Fsp3) is 0.447. The van der Waals surface area contributed by atoms with Crippen LogP contribution >= 0.6 is 0 Å². The van der Waals surface area contributed by atoms with Crippen molar-refractivity contribution in [3.8, 4) is 0 Å². The fourth-order valence-corrected chi connectivity index (χ4v) is 11.0. The van der Waals surface area contributed by atoms with E-state index in [0.29, 0.717) is 47.3 Å². The summed E-state index contributed by atoms with van der Waals surface area (Å²) >= 11 is 0. The summed E-state index contributed by atoms with van der Waals surface area (Å²) in [7, 11) is 0. The molecule has 0 spiro atoms. The van der Waals surface area contributed by atoms with Gasteiger partial charge in [-0.1, -0.05) is 194 Å². The molecule has 0 radical (unpaired) electrons. The van der Waals surface area contributed by atoms with Crippen LogP contribution in [0.25, 0.3) is 0 Å². The van der Waals surface area contributed by atoms with E-state index < -0.39 is 0 Å². The van der Waals surface area contributed by atoms with Gasteiger partial charge in [0, 0.05) is 151 Å². The van der Waals surface area contributed by atoms with Gasteiger partial charge in [0.05, 0.1) is 11.4 Å². The molecule has 8 heteroatoms. The van der Waals surface area contributed by atoms with Gasteiger partial charge in [-0.2, -0.15) is 36.4 Å². The van der Waals surface area contributed by atoms with Gasteiger partial charge in [0.1, 0.15) is 0 Å². The summed E-state index contributed by atoms with van der Waals surface area (Å²) in [5.74, 6) is 3.60. The second-order valence-electron chi connectivity index (χ2n) is 25.8. The van der Waals surface area contributed by atoms with E-state index in [9.17, 15) is 0 Å². The van der Waals surface area contributed by atoms with Gasteiger partial charge >= 0.3 is 0 Å². The Morgan fingerprint density at radius 2 is 0.560 bits per heavy atom. The largest absolute Gasteiger partial charge is 0.357 e. The van der Waals surface area contributed by atoms with Crippen LogP contribution in [0.2, 0.25) is 0 Å². The zero-order valence-corrected chi connectivity index (χ0v) is 62.8. The maximum atomic E-state index is 3.84. The van der Waals surface area contributed by atoms with Gasteiger partial charge < -0.3 is 31.9 Å². The van der Waals surface area contributed by atoms with Gasteiger partial charge in [0.15, 0.2) is 0 Å². The third-order valence-corrected chi connectivity index (χ3v) is 15.7. The van der Waals surface area contributed by atoms with E-state index in [0.717, 1.165) is 35.6 Å². The maximum absolute atomic E-state index is 3.84. The molecule has 0 atom stereocenters. The van der Waals surface area contributed by atoms with Crippen LogP contribution in [0, 0.1) is 115 Å². The second-order valence-corrected chi connectivity index (χ2v) is 25.8. The quantitative estimate of drug-likeness (QED) is 0.0553. The molecule has 6 N–H and O–H groups in total. The molecule has 0 amide bonds. The van der Waals surface area contributed by atoms with Gasteiger partial charge in [-0.25, -0.2) is 0 Å². The van der Waals surface area contributed by atoms with Crippen molar-refractivity contribution < 1.29 is 81.7 Å². The maximum Gasteiger partial charge on any atom is 0.0572 e. The number of nitrogens with one attached hydrogen (secondary N) is 6. The van der Waals surface area contributed by atoms with E-state index >= 15 is 0 Å². The second kappa shape index (κ2) is 34.5. The first-order valence-electron chi connectivity index (χ1n) is 30.8. The van der Waals surface area contributed by atoms with E-state index in [1.807, 2.05) is 30.3 Å². The molecule has 2 aliphatic heterocycles. The van der Waals surface area contributed by atoms with Crippen molar-refractivity contribution >= 4 is 22.7 Å². The molecule has 0 aliphatic carbocycles. The van der Waals surface area contributed by atoms with Gasteiger partial charge in [-0.15, -0.1) is 0 Å². The molecule has 7 rings (SSSR count). The Balaban J connectivity index is 0.000000390. The average Bonchev–Trinajstić information content (AvgIpc) is 3.64. The molecule has 2 aliphatic rings. The minimum atomic E-state index is 0. The molecule has 0 unspecified atom stereocenters. The monoisotopic (exact) mass is 1390 g/mol. The Bertz CT molecular complexity index is 2830.